The minimum absolute atomic E-state index is 0.192. The molecule has 0 saturated heterocycles. The predicted molar refractivity (Wildman–Crippen MR) is 46.6 cm³/mol. The Balaban J connectivity index is 2.72. The number of hydrogen-bond donors (Lipinski definition) is 2. The van der Waals surface area contributed by atoms with Crippen molar-refractivity contribution in [3.63, 3.8) is 0 Å². The highest BCUT2D eigenvalue weighted by Gasteiger charge is 2.05. The molecule has 0 aliphatic heterocycles. The van der Waals surface area contributed by atoms with Gasteiger partial charge in [-0.1, -0.05) is 0 Å². The number of pyridine rings is 1. The van der Waals surface area contributed by atoms with E-state index in [0.29, 0.717) is 11.5 Å². The number of anilines is 1. The molecule has 0 unspecified atom stereocenters. The minimum atomic E-state index is -0.977. The van der Waals surface area contributed by atoms with E-state index in [1.54, 1.807) is 6.07 Å². The number of fused-ring (bicyclic) bond motifs is 1. The molecule has 0 aliphatic rings. The molecular weight excluding hydrogens is 170 g/mol. The first kappa shape index (κ1) is 7.60. The summed E-state index contributed by atoms with van der Waals surface area (Å²) in [6.07, 6.45) is 2.93. The molecule has 0 aromatic carbocycles. The van der Waals surface area contributed by atoms with Crippen molar-refractivity contribution < 1.29 is 9.90 Å². The summed E-state index contributed by atoms with van der Waals surface area (Å²) in [6.45, 7) is 0. The third-order valence-corrected chi connectivity index (χ3v) is 1.78. The number of nitrogens with zero attached hydrogens (tertiary/aromatic N) is 2. The molecular formula is C8H7N3O2. The number of carboxylic acid groups (broad SMARTS) is 1. The zero-order valence-corrected chi connectivity index (χ0v) is 6.64. The predicted octanol–water partition coefficient (Wildman–Crippen LogP) is 0.615. The van der Waals surface area contributed by atoms with E-state index in [-0.39, 0.29) is 5.56 Å². The normalized spacial score (nSPS) is 10.5. The van der Waals surface area contributed by atoms with E-state index in [0.717, 1.165) is 0 Å². The van der Waals surface area contributed by atoms with Gasteiger partial charge in [-0.05, 0) is 12.1 Å². The van der Waals surface area contributed by atoms with Crippen molar-refractivity contribution >= 4 is 17.4 Å². The van der Waals surface area contributed by atoms with Gasteiger partial charge in [0.05, 0.1) is 11.8 Å². The second-order valence-electron chi connectivity index (χ2n) is 2.63. The molecule has 0 atom stereocenters. The number of hydrogen-bond acceptors (Lipinski definition) is 3. The fourth-order valence-electron chi connectivity index (χ4n) is 1.13. The lowest BCUT2D eigenvalue weighted by Crippen LogP contribution is -2.00. The van der Waals surface area contributed by atoms with Gasteiger partial charge in [0, 0.05) is 6.20 Å². The Labute approximate surface area is 73.4 Å². The van der Waals surface area contributed by atoms with E-state index < -0.39 is 5.97 Å². The van der Waals surface area contributed by atoms with Crippen LogP contribution in [-0.2, 0) is 0 Å². The van der Waals surface area contributed by atoms with Crippen molar-refractivity contribution in [2.45, 2.75) is 0 Å². The molecule has 66 valence electrons. The first-order chi connectivity index (χ1) is 6.18. The molecule has 5 nitrogen and oxygen atoms in total. The van der Waals surface area contributed by atoms with E-state index >= 15 is 0 Å². The Bertz CT molecular complexity index is 475. The molecule has 0 spiro atoms. The Morgan fingerprint density at radius 3 is 3.00 bits per heavy atom. The Kier molecular flexibility index (Phi) is 1.45. The number of aromatic carboxylic acids is 1. The lowest BCUT2D eigenvalue weighted by atomic mass is 10.3. The summed E-state index contributed by atoms with van der Waals surface area (Å²) in [7, 11) is 0. The number of imidazole rings is 1. The Morgan fingerprint density at radius 2 is 2.31 bits per heavy atom. The summed E-state index contributed by atoms with van der Waals surface area (Å²) in [4.78, 5) is 14.6. The van der Waals surface area contributed by atoms with Crippen LogP contribution in [0.15, 0.2) is 24.5 Å². The lowest BCUT2D eigenvalue weighted by molar-refractivity contribution is 0.0696. The van der Waals surface area contributed by atoms with E-state index in [9.17, 15) is 4.79 Å². The molecule has 2 rings (SSSR count). The fourth-order valence-corrected chi connectivity index (χ4v) is 1.13. The van der Waals surface area contributed by atoms with Crippen LogP contribution in [0.2, 0.25) is 0 Å². The van der Waals surface area contributed by atoms with Crippen LogP contribution < -0.4 is 5.73 Å². The Morgan fingerprint density at radius 1 is 1.54 bits per heavy atom. The third-order valence-electron chi connectivity index (χ3n) is 1.78. The van der Waals surface area contributed by atoms with Crippen molar-refractivity contribution in [2.24, 2.45) is 0 Å². The van der Waals surface area contributed by atoms with Gasteiger partial charge < -0.3 is 10.8 Å². The zero-order chi connectivity index (χ0) is 9.42. The highest BCUT2D eigenvalue weighted by Crippen LogP contribution is 2.09. The lowest BCUT2D eigenvalue weighted by Gasteiger charge is -1.97. The zero-order valence-electron chi connectivity index (χ0n) is 6.64. The van der Waals surface area contributed by atoms with Crippen LogP contribution in [-0.4, -0.2) is 20.5 Å². The molecule has 2 heterocycles. The number of rotatable bonds is 1. The highest BCUT2D eigenvalue weighted by molar-refractivity contribution is 5.87. The summed E-state index contributed by atoms with van der Waals surface area (Å²) >= 11 is 0. The SMILES string of the molecule is Nc1cnc2ccc(C(=O)O)cn12. The van der Waals surface area contributed by atoms with Crippen LogP contribution in [0.5, 0.6) is 0 Å². The smallest absolute Gasteiger partial charge is 0.337 e. The Hall–Kier alpha value is -2.04. The van der Waals surface area contributed by atoms with Gasteiger partial charge >= 0.3 is 5.97 Å². The summed E-state index contributed by atoms with van der Waals surface area (Å²) in [5.41, 5.74) is 6.39. The van der Waals surface area contributed by atoms with Gasteiger partial charge in [-0.15, -0.1) is 0 Å². The van der Waals surface area contributed by atoms with Crippen molar-refractivity contribution in [1.82, 2.24) is 9.38 Å². The molecule has 2 aromatic rings. The molecule has 5 heteroatoms. The molecule has 0 fully saturated rings. The van der Waals surface area contributed by atoms with Gasteiger partial charge in [-0.2, -0.15) is 0 Å². The molecule has 0 radical (unpaired) electrons. The molecule has 0 saturated carbocycles. The van der Waals surface area contributed by atoms with Crippen molar-refractivity contribution in [3.8, 4) is 0 Å². The standard InChI is InChI=1S/C8H7N3O2/c9-6-3-10-7-2-1-5(8(12)13)4-11(6)7/h1-4H,9H2,(H,12,13). The maximum Gasteiger partial charge on any atom is 0.337 e. The first-order valence-corrected chi connectivity index (χ1v) is 3.64. The second-order valence-corrected chi connectivity index (χ2v) is 2.63. The van der Waals surface area contributed by atoms with Gasteiger partial charge in [-0.3, -0.25) is 4.40 Å². The maximum atomic E-state index is 10.6. The van der Waals surface area contributed by atoms with E-state index in [1.807, 2.05) is 0 Å². The average molecular weight is 177 g/mol. The van der Waals surface area contributed by atoms with Crippen molar-refractivity contribution in [2.75, 3.05) is 5.73 Å². The number of aromatic nitrogens is 2. The average Bonchev–Trinajstić information content (AvgIpc) is 2.47. The van der Waals surface area contributed by atoms with Crippen LogP contribution in [0.1, 0.15) is 10.4 Å². The van der Waals surface area contributed by atoms with Crippen LogP contribution in [0.25, 0.3) is 5.65 Å². The molecule has 0 bridgehead atoms. The van der Waals surface area contributed by atoms with E-state index in [4.69, 9.17) is 10.8 Å². The van der Waals surface area contributed by atoms with Crippen LogP contribution in [0.3, 0.4) is 0 Å². The van der Waals surface area contributed by atoms with Crippen LogP contribution >= 0.6 is 0 Å². The summed E-state index contributed by atoms with van der Waals surface area (Å²) in [5.74, 6) is -0.548. The molecule has 13 heavy (non-hydrogen) atoms. The van der Waals surface area contributed by atoms with Gasteiger partial charge in [-0.25, -0.2) is 9.78 Å². The molecule has 0 amide bonds. The van der Waals surface area contributed by atoms with Crippen LogP contribution in [0.4, 0.5) is 5.82 Å². The fraction of sp³-hybridized carbons (Fsp3) is 0. The van der Waals surface area contributed by atoms with Gasteiger partial charge in [0.2, 0.25) is 0 Å². The largest absolute Gasteiger partial charge is 0.478 e. The molecule has 2 aromatic heterocycles. The molecule has 0 aliphatic carbocycles. The topological polar surface area (TPSA) is 80.6 Å². The second kappa shape index (κ2) is 2.48. The maximum absolute atomic E-state index is 10.6. The summed E-state index contributed by atoms with van der Waals surface area (Å²) in [5, 5.41) is 8.70. The number of nitrogen functional groups attached to an aromatic ring is 1. The molecule has 3 N–H and O–H groups in total. The summed E-state index contributed by atoms with van der Waals surface area (Å²) in [6, 6.07) is 3.10. The third kappa shape index (κ3) is 1.10. The quantitative estimate of drug-likeness (QED) is 0.668. The monoisotopic (exact) mass is 177 g/mol. The van der Waals surface area contributed by atoms with Gasteiger partial charge in [0.25, 0.3) is 0 Å². The van der Waals surface area contributed by atoms with Gasteiger partial charge in [0.1, 0.15) is 11.5 Å². The van der Waals surface area contributed by atoms with E-state index in [2.05, 4.69) is 4.98 Å². The van der Waals surface area contributed by atoms with Crippen molar-refractivity contribution in [3.05, 3.63) is 30.1 Å². The van der Waals surface area contributed by atoms with Crippen LogP contribution in [0, 0.1) is 0 Å². The van der Waals surface area contributed by atoms with Crippen molar-refractivity contribution in [1.29, 1.82) is 0 Å². The summed E-state index contributed by atoms with van der Waals surface area (Å²) < 4.78 is 1.53. The highest BCUT2D eigenvalue weighted by atomic mass is 16.4. The number of carbonyl (C=O) groups is 1. The van der Waals surface area contributed by atoms with E-state index in [1.165, 1.54) is 22.9 Å². The number of carboxylic acids is 1. The number of nitrogens with two attached hydrogens (primary N) is 1. The first-order valence-electron chi connectivity index (χ1n) is 3.64. The van der Waals surface area contributed by atoms with Gasteiger partial charge in [0.15, 0.2) is 0 Å². The minimum Gasteiger partial charge on any atom is -0.478 e.